The predicted molar refractivity (Wildman–Crippen MR) is 113 cm³/mol. The second kappa shape index (κ2) is 9.18. The molecular weight excluding hydrogens is 440 g/mol. The molecule has 1 heterocycles. The van der Waals surface area contributed by atoms with Crippen molar-refractivity contribution in [3.8, 4) is 17.2 Å². The molecule has 0 fully saturated rings. The maximum absolute atomic E-state index is 13.3. The lowest BCUT2D eigenvalue weighted by molar-refractivity contribution is -0.136. The van der Waals surface area contributed by atoms with E-state index in [0.717, 1.165) is 7.11 Å². The fraction of sp³-hybridized carbons (Fsp3) is 0.238. The van der Waals surface area contributed by atoms with Gasteiger partial charge in [-0.05, 0) is 29.8 Å². The second-order valence-corrected chi connectivity index (χ2v) is 8.74. The van der Waals surface area contributed by atoms with Gasteiger partial charge in [0.05, 0.1) is 38.7 Å². The number of rotatable bonds is 7. The van der Waals surface area contributed by atoms with E-state index in [4.69, 9.17) is 14.2 Å². The molecule has 0 bridgehead atoms. The Morgan fingerprint density at radius 1 is 1.06 bits per heavy atom. The van der Waals surface area contributed by atoms with E-state index in [1.54, 1.807) is 6.07 Å². The number of aromatic hydroxyl groups is 1. The molecule has 2 amide bonds. The quantitative estimate of drug-likeness (QED) is 0.528. The number of hydrogen-bond donors (Lipinski definition) is 3. The molecule has 0 saturated carbocycles. The van der Waals surface area contributed by atoms with E-state index in [1.165, 1.54) is 50.6 Å². The highest BCUT2D eigenvalue weighted by molar-refractivity contribution is 7.91. The van der Waals surface area contributed by atoms with Gasteiger partial charge in [0.1, 0.15) is 22.1 Å². The largest absolute Gasteiger partial charge is 0.508 e. The number of carbonyl (C=O) groups excluding carboxylic acids is 2. The topological polar surface area (TPSA) is 140 Å². The summed E-state index contributed by atoms with van der Waals surface area (Å²) < 4.78 is 41.7. The van der Waals surface area contributed by atoms with Crippen LogP contribution in [0, 0.1) is 0 Å². The Bertz CT molecular complexity index is 1170. The van der Waals surface area contributed by atoms with E-state index in [-0.39, 0.29) is 27.7 Å². The van der Waals surface area contributed by atoms with Gasteiger partial charge in [0.2, 0.25) is 0 Å². The predicted octanol–water partition coefficient (Wildman–Crippen LogP) is 1.66. The standard InChI is InChI=1S/C21H22N2O8S/c1-29-14-8-9-16(30-2)17(10-14)32(27,28)11-15-18(20(25)31-3)19(23-21(26)22-15)12-4-6-13(24)7-5-12/h4-10,19,24H,11H2,1-3H3,(H2,22,23,26). The van der Waals surface area contributed by atoms with Gasteiger partial charge >= 0.3 is 12.0 Å². The molecule has 1 atom stereocenters. The lowest BCUT2D eigenvalue weighted by Crippen LogP contribution is -2.47. The highest BCUT2D eigenvalue weighted by Gasteiger charge is 2.36. The molecule has 2 aromatic rings. The van der Waals surface area contributed by atoms with Crippen molar-refractivity contribution in [2.75, 3.05) is 27.1 Å². The van der Waals surface area contributed by atoms with E-state index in [0.29, 0.717) is 11.3 Å². The summed E-state index contributed by atoms with van der Waals surface area (Å²) in [5.41, 5.74) is 0.235. The summed E-state index contributed by atoms with van der Waals surface area (Å²) in [7, 11) is -0.228. The highest BCUT2D eigenvalue weighted by atomic mass is 32.2. The van der Waals surface area contributed by atoms with Gasteiger partial charge in [-0.25, -0.2) is 18.0 Å². The number of methoxy groups -OCH3 is 3. The van der Waals surface area contributed by atoms with Crippen LogP contribution in [0.3, 0.4) is 0 Å². The summed E-state index contributed by atoms with van der Waals surface area (Å²) in [6, 6.07) is 8.38. The van der Waals surface area contributed by atoms with Crippen LogP contribution in [0.2, 0.25) is 0 Å². The third-order valence-corrected chi connectivity index (χ3v) is 6.48. The van der Waals surface area contributed by atoms with Crippen LogP contribution in [0.15, 0.2) is 58.6 Å². The van der Waals surface area contributed by atoms with Crippen LogP contribution in [0.1, 0.15) is 11.6 Å². The first-order chi connectivity index (χ1) is 15.2. The molecule has 10 nitrogen and oxygen atoms in total. The zero-order valence-corrected chi connectivity index (χ0v) is 18.4. The molecule has 32 heavy (non-hydrogen) atoms. The minimum absolute atomic E-state index is 0.00877. The van der Waals surface area contributed by atoms with Crippen molar-refractivity contribution >= 4 is 21.8 Å². The number of urea groups is 1. The van der Waals surface area contributed by atoms with Gasteiger partial charge in [0.15, 0.2) is 9.84 Å². The van der Waals surface area contributed by atoms with E-state index in [9.17, 15) is 23.1 Å². The molecule has 0 saturated heterocycles. The lowest BCUT2D eigenvalue weighted by atomic mass is 9.95. The number of phenols is 1. The Kier molecular flexibility index (Phi) is 6.58. The third kappa shape index (κ3) is 4.62. The molecule has 1 aliphatic rings. The summed E-state index contributed by atoms with van der Waals surface area (Å²) in [5, 5.41) is 14.5. The number of esters is 1. The van der Waals surface area contributed by atoms with Crippen LogP contribution in [0.4, 0.5) is 4.79 Å². The molecule has 3 rings (SSSR count). The molecule has 1 aliphatic heterocycles. The van der Waals surface area contributed by atoms with Crippen LogP contribution >= 0.6 is 0 Å². The van der Waals surface area contributed by atoms with Crippen LogP contribution in [0.25, 0.3) is 0 Å². The van der Waals surface area contributed by atoms with Crippen LogP contribution in [-0.4, -0.2) is 52.6 Å². The number of nitrogens with one attached hydrogen (secondary N) is 2. The van der Waals surface area contributed by atoms with Crippen molar-refractivity contribution in [3.63, 3.8) is 0 Å². The van der Waals surface area contributed by atoms with Crippen LogP contribution < -0.4 is 20.1 Å². The minimum Gasteiger partial charge on any atom is -0.508 e. The van der Waals surface area contributed by atoms with Gasteiger partial charge in [0, 0.05) is 11.8 Å². The molecule has 0 radical (unpaired) electrons. The monoisotopic (exact) mass is 462 g/mol. The fourth-order valence-corrected chi connectivity index (χ4v) is 4.81. The summed E-state index contributed by atoms with van der Waals surface area (Å²) >= 11 is 0. The third-order valence-electron chi connectivity index (χ3n) is 4.83. The molecule has 1 unspecified atom stereocenters. The van der Waals surface area contributed by atoms with Gasteiger partial charge in [0.25, 0.3) is 0 Å². The normalized spacial score (nSPS) is 16.1. The minimum atomic E-state index is -4.10. The number of ether oxygens (including phenoxy) is 3. The average molecular weight is 462 g/mol. The molecule has 0 aliphatic carbocycles. The van der Waals surface area contributed by atoms with Crippen molar-refractivity contribution in [2.24, 2.45) is 0 Å². The molecule has 11 heteroatoms. The average Bonchev–Trinajstić information content (AvgIpc) is 2.78. The molecule has 3 N–H and O–H groups in total. The zero-order chi connectivity index (χ0) is 23.5. The van der Waals surface area contributed by atoms with Gasteiger partial charge in [-0.15, -0.1) is 0 Å². The maximum atomic E-state index is 13.3. The van der Waals surface area contributed by atoms with E-state index in [1.807, 2.05) is 0 Å². The zero-order valence-electron chi connectivity index (χ0n) is 17.5. The Hall–Kier alpha value is -3.73. The first kappa shape index (κ1) is 22.9. The second-order valence-electron chi connectivity index (χ2n) is 6.78. The van der Waals surface area contributed by atoms with Crippen LogP contribution in [0.5, 0.6) is 17.2 Å². The van der Waals surface area contributed by atoms with Crippen molar-refractivity contribution in [1.29, 1.82) is 0 Å². The van der Waals surface area contributed by atoms with Crippen LogP contribution in [-0.2, 0) is 19.4 Å². The number of hydrogen-bond acceptors (Lipinski definition) is 8. The number of sulfone groups is 1. The van der Waals surface area contributed by atoms with Gasteiger partial charge in [-0.3, -0.25) is 0 Å². The summed E-state index contributed by atoms with van der Waals surface area (Å²) in [5.74, 6) is -1.16. The van der Waals surface area contributed by atoms with Crippen molar-refractivity contribution in [2.45, 2.75) is 10.9 Å². The smallest absolute Gasteiger partial charge is 0.338 e. The highest BCUT2D eigenvalue weighted by Crippen LogP contribution is 2.33. The Morgan fingerprint density at radius 2 is 1.75 bits per heavy atom. The van der Waals surface area contributed by atoms with Crippen molar-refractivity contribution < 1.29 is 37.3 Å². The molecule has 0 spiro atoms. The van der Waals surface area contributed by atoms with Gasteiger partial charge < -0.3 is 30.0 Å². The number of carbonyl (C=O) groups is 2. The van der Waals surface area contributed by atoms with Crippen molar-refractivity contribution in [3.05, 3.63) is 59.3 Å². The SMILES string of the molecule is COC(=O)C1=C(CS(=O)(=O)c2cc(OC)ccc2OC)NC(=O)NC1c1ccc(O)cc1. The lowest BCUT2D eigenvalue weighted by Gasteiger charge is -2.29. The molecule has 2 aromatic carbocycles. The first-order valence-electron chi connectivity index (χ1n) is 9.32. The first-order valence-corrected chi connectivity index (χ1v) is 11.0. The summed E-state index contributed by atoms with van der Waals surface area (Å²) in [6.45, 7) is 0. The Morgan fingerprint density at radius 3 is 2.34 bits per heavy atom. The van der Waals surface area contributed by atoms with E-state index in [2.05, 4.69) is 10.6 Å². The summed E-state index contributed by atoms with van der Waals surface area (Å²) in [6.07, 6.45) is 0. The number of amides is 2. The van der Waals surface area contributed by atoms with E-state index < -0.39 is 33.6 Å². The van der Waals surface area contributed by atoms with E-state index >= 15 is 0 Å². The number of phenolic OH excluding ortho intramolecular Hbond substituents is 1. The fourth-order valence-electron chi connectivity index (χ4n) is 3.29. The van der Waals surface area contributed by atoms with Crippen molar-refractivity contribution in [1.82, 2.24) is 10.6 Å². The maximum Gasteiger partial charge on any atom is 0.338 e. The Balaban J connectivity index is 2.13. The molecule has 0 aromatic heterocycles. The summed E-state index contributed by atoms with van der Waals surface area (Å²) in [4.78, 5) is 24.8. The Labute approximate surface area is 184 Å². The molecular formula is C21H22N2O8S. The number of benzene rings is 2. The van der Waals surface area contributed by atoms with Gasteiger partial charge in [-0.1, -0.05) is 12.1 Å². The molecule has 170 valence electrons. The van der Waals surface area contributed by atoms with Gasteiger partial charge in [-0.2, -0.15) is 0 Å².